The first-order valence-corrected chi connectivity index (χ1v) is 8.30. The van der Waals surface area contributed by atoms with E-state index in [1.54, 1.807) is 11.8 Å². The summed E-state index contributed by atoms with van der Waals surface area (Å²) in [7, 11) is 0. The molecule has 0 saturated heterocycles. The second-order valence-corrected chi connectivity index (χ2v) is 6.79. The molecule has 1 atom stereocenters. The number of benzene rings is 2. The zero-order valence-corrected chi connectivity index (χ0v) is 13.4. The summed E-state index contributed by atoms with van der Waals surface area (Å²) in [4.78, 5) is 4.52. The molecule has 104 valence electrons. The predicted molar refractivity (Wildman–Crippen MR) is 89.8 cm³/mol. The Kier molecular flexibility index (Phi) is 3.24. The Morgan fingerprint density at radius 1 is 1.05 bits per heavy atom. The van der Waals surface area contributed by atoms with Crippen LogP contribution in [0, 0.1) is 0 Å². The molecular formula is C16H12BrN3S. The predicted octanol–water partition coefficient (Wildman–Crippen LogP) is 4.66. The SMILES string of the molecule is Brc1ccc(-c2cnc3n2NC(c2ccccc2)S3)cc1. The molecule has 3 nitrogen and oxygen atoms in total. The van der Waals surface area contributed by atoms with E-state index < -0.39 is 0 Å². The minimum absolute atomic E-state index is 0.212. The van der Waals surface area contributed by atoms with E-state index in [4.69, 9.17) is 0 Å². The minimum Gasteiger partial charge on any atom is -0.305 e. The standard InChI is InChI=1S/C16H12BrN3S/c17-13-8-6-11(7-9-13)14-10-18-16-20(14)19-15(21-16)12-4-2-1-3-5-12/h1-10,15,19H. The average molecular weight is 358 g/mol. The van der Waals surface area contributed by atoms with Crippen molar-refractivity contribution in [2.75, 3.05) is 5.43 Å². The Hall–Kier alpha value is -1.72. The number of aromatic nitrogens is 2. The number of thioether (sulfide) groups is 1. The van der Waals surface area contributed by atoms with Gasteiger partial charge in [0.05, 0.1) is 11.9 Å². The third-order valence-electron chi connectivity index (χ3n) is 3.44. The van der Waals surface area contributed by atoms with Crippen LogP contribution in [0.25, 0.3) is 11.3 Å². The topological polar surface area (TPSA) is 29.9 Å². The van der Waals surface area contributed by atoms with Crippen molar-refractivity contribution in [3.8, 4) is 11.3 Å². The van der Waals surface area contributed by atoms with Gasteiger partial charge in [0.2, 0.25) is 0 Å². The summed E-state index contributed by atoms with van der Waals surface area (Å²) in [6.07, 6.45) is 1.92. The Balaban J connectivity index is 1.67. The molecule has 1 aromatic heterocycles. The molecule has 4 rings (SSSR count). The zero-order valence-electron chi connectivity index (χ0n) is 11.0. The number of rotatable bonds is 2. The van der Waals surface area contributed by atoms with Crippen molar-refractivity contribution < 1.29 is 0 Å². The van der Waals surface area contributed by atoms with Crippen LogP contribution in [-0.4, -0.2) is 9.66 Å². The van der Waals surface area contributed by atoms with Crippen LogP contribution < -0.4 is 5.43 Å². The van der Waals surface area contributed by atoms with E-state index in [0.29, 0.717) is 0 Å². The summed E-state index contributed by atoms with van der Waals surface area (Å²) in [6, 6.07) is 18.7. The molecule has 1 N–H and O–H groups in total. The lowest BCUT2D eigenvalue weighted by molar-refractivity contribution is 0.793. The molecule has 0 spiro atoms. The van der Waals surface area contributed by atoms with E-state index in [-0.39, 0.29) is 5.37 Å². The van der Waals surface area contributed by atoms with Crippen molar-refractivity contribution in [3.05, 3.63) is 70.8 Å². The molecule has 0 bridgehead atoms. The van der Waals surface area contributed by atoms with Crippen molar-refractivity contribution in [1.29, 1.82) is 0 Å². The minimum atomic E-state index is 0.212. The lowest BCUT2D eigenvalue weighted by Gasteiger charge is -2.12. The van der Waals surface area contributed by atoms with E-state index in [2.05, 4.69) is 67.4 Å². The molecule has 2 aromatic carbocycles. The maximum atomic E-state index is 4.52. The van der Waals surface area contributed by atoms with E-state index in [1.165, 1.54) is 5.56 Å². The van der Waals surface area contributed by atoms with Crippen molar-refractivity contribution in [2.24, 2.45) is 0 Å². The van der Waals surface area contributed by atoms with Gasteiger partial charge in [0.15, 0.2) is 5.16 Å². The summed E-state index contributed by atoms with van der Waals surface area (Å²) >= 11 is 5.21. The first-order chi connectivity index (χ1) is 10.3. The number of hydrogen-bond donors (Lipinski definition) is 1. The van der Waals surface area contributed by atoms with Gasteiger partial charge in [0.25, 0.3) is 0 Å². The van der Waals surface area contributed by atoms with Crippen LogP contribution >= 0.6 is 27.7 Å². The van der Waals surface area contributed by atoms with Crippen LogP contribution in [0.5, 0.6) is 0 Å². The highest BCUT2D eigenvalue weighted by molar-refractivity contribution is 9.10. The highest BCUT2D eigenvalue weighted by Gasteiger charge is 2.26. The lowest BCUT2D eigenvalue weighted by Crippen LogP contribution is -2.13. The number of nitrogens with zero attached hydrogens (tertiary/aromatic N) is 2. The summed E-state index contributed by atoms with van der Waals surface area (Å²) < 4.78 is 3.16. The summed E-state index contributed by atoms with van der Waals surface area (Å²) in [5.41, 5.74) is 7.02. The third kappa shape index (κ3) is 2.36. The average Bonchev–Trinajstić information content (AvgIpc) is 3.09. The highest BCUT2D eigenvalue weighted by atomic mass is 79.9. The van der Waals surface area contributed by atoms with Crippen LogP contribution in [-0.2, 0) is 0 Å². The molecule has 0 fully saturated rings. The second-order valence-electron chi connectivity index (χ2n) is 4.81. The molecule has 0 amide bonds. The van der Waals surface area contributed by atoms with Gasteiger partial charge in [-0.05, 0) is 17.7 Å². The Morgan fingerprint density at radius 2 is 1.81 bits per heavy atom. The maximum Gasteiger partial charge on any atom is 0.189 e. The van der Waals surface area contributed by atoms with Gasteiger partial charge in [-0.15, -0.1) is 0 Å². The Morgan fingerprint density at radius 3 is 2.57 bits per heavy atom. The molecule has 2 heterocycles. The monoisotopic (exact) mass is 357 g/mol. The fourth-order valence-corrected chi connectivity index (χ4v) is 3.68. The van der Waals surface area contributed by atoms with E-state index in [0.717, 1.165) is 20.9 Å². The van der Waals surface area contributed by atoms with Gasteiger partial charge in [-0.2, -0.15) is 0 Å². The van der Waals surface area contributed by atoms with Crippen molar-refractivity contribution >= 4 is 27.7 Å². The van der Waals surface area contributed by atoms with Gasteiger partial charge in [-0.1, -0.05) is 70.2 Å². The van der Waals surface area contributed by atoms with Crippen LogP contribution in [0.2, 0.25) is 0 Å². The smallest absolute Gasteiger partial charge is 0.189 e. The molecule has 21 heavy (non-hydrogen) atoms. The van der Waals surface area contributed by atoms with Gasteiger partial charge in [-0.25, -0.2) is 9.66 Å². The normalized spacial score (nSPS) is 16.5. The van der Waals surface area contributed by atoms with Crippen LogP contribution in [0.1, 0.15) is 10.9 Å². The Bertz CT molecular complexity index is 768. The van der Waals surface area contributed by atoms with Crippen LogP contribution in [0.3, 0.4) is 0 Å². The molecule has 1 unspecified atom stereocenters. The van der Waals surface area contributed by atoms with Crippen molar-refractivity contribution in [2.45, 2.75) is 10.5 Å². The molecule has 0 saturated carbocycles. The number of halogens is 1. The Labute approximate surface area is 135 Å². The van der Waals surface area contributed by atoms with Crippen LogP contribution in [0.15, 0.2) is 70.4 Å². The van der Waals surface area contributed by atoms with Gasteiger partial charge in [0, 0.05) is 10.0 Å². The number of nitrogens with one attached hydrogen (secondary N) is 1. The number of fused-ring (bicyclic) bond motifs is 1. The first-order valence-electron chi connectivity index (χ1n) is 6.63. The largest absolute Gasteiger partial charge is 0.305 e. The van der Waals surface area contributed by atoms with Crippen molar-refractivity contribution in [3.63, 3.8) is 0 Å². The fraction of sp³-hybridized carbons (Fsp3) is 0.0625. The zero-order chi connectivity index (χ0) is 14.2. The van der Waals surface area contributed by atoms with Gasteiger partial charge < -0.3 is 5.43 Å². The third-order valence-corrected chi connectivity index (χ3v) is 5.08. The van der Waals surface area contributed by atoms with E-state index >= 15 is 0 Å². The number of imidazole rings is 1. The molecule has 1 aliphatic rings. The van der Waals surface area contributed by atoms with Crippen molar-refractivity contribution in [1.82, 2.24) is 9.66 Å². The molecular weight excluding hydrogens is 346 g/mol. The summed E-state index contributed by atoms with van der Waals surface area (Å²) in [5.74, 6) is 0. The lowest BCUT2D eigenvalue weighted by atomic mass is 10.2. The fourth-order valence-electron chi connectivity index (χ4n) is 2.39. The number of hydrogen-bond acceptors (Lipinski definition) is 3. The second kappa shape index (κ2) is 5.24. The summed E-state index contributed by atoms with van der Waals surface area (Å²) in [5, 5.41) is 1.21. The van der Waals surface area contributed by atoms with Crippen LogP contribution in [0.4, 0.5) is 0 Å². The first kappa shape index (κ1) is 13.0. The molecule has 3 aromatic rings. The molecule has 0 radical (unpaired) electrons. The van der Waals surface area contributed by atoms with Gasteiger partial charge in [0.1, 0.15) is 5.37 Å². The van der Waals surface area contributed by atoms with E-state index in [9.17, 15) is 0 Å². The summed E-state index contributed by atoms with van der Waals surface area (Å²) in [6.45, 7) is 0. The maximum absolute atomic E-state index is 4.52. The van der Waals surface area contributed by atoms with Gasteiger partial charge in [-0.3, -0.25) is 0 Å². The van der Waals surface area contributed by atoms with Gasteiger partial charge >= 0.3 is 0 Å². The molecule has 1 aliphatic heterocycles. The van der Waals surface area contributed by atoms with E-state index in [1.807, 2.05) is 24.4 Å². The molecule has 0 aliphatic carbocycles. The molecule has 5 heteroatoms. The highest BCUT2D eigenvalue weighted by Crippen LogP contribution is 2.40. The quantitative estimate of drug-likeness (QED) is 0.723.